The van der Waals surface area contributed by atoms with Crippen LogP contribution in [0.25, 0.3) is 10.9 Å². The summed E-state index contributed by atoms with van der Waals surface area (Å²) in [4.78, 5) is 18.0. The molecule has 2 aromatic carbocycles. The van der Waals surface area contributed by atoms with Gasteiger partial charge < -0.3 is 9.88 Å². The zero-order valence-corrected chi connectivity index (χ0v) is 14.5. The molecule has 3 aromatic rings. The zero-order chi connectivity index (χ0) is 17.6. The Morgan fingerprint density at radius 3 is 2.92 bits per heavy atom. The van der Waals surface area contributed by atoms with Gasteiger partial charge in [-0.1, -0.05) is 24.3 Å². The molecule has 1 heterocycles. The van der Waals surface area contributed by atoms with Crippen molar-refractivity contribution in [1.29, 1.82) is 0 Å². The van der Waals surface area contributed by atoms with Crippen LogP contribution in [0, 0.1) is 12.7 Å². The first-order valence-corrected chi connectivity index (χ1v) is 8.65. The third-order valence-electron chi connectivity index (χ3n) is 5.37. The second-order valence-electron chi connectivity index (χ2n) is 6.85. The maximum absolute atomic E-state index is 13.6. The molecule has 4 rings (SSSR count). The Kier molecular flexibility index (Phi) is 3.83. The van der Waals surface area contributed by atoms with E-state index in [0.717, 1.165) is 35.0 Å². The molecule has 1 aliphatic carbocycles. The smallest absolute Gasteiger partial charge is 0.227 e. The second-order valence-corrected chi connectivity index (χ2v) is 6.85. The van der Waals surface area contributed by atoms with Crippen molar-refractivity contribution >= 4 is 16.8 Å². The molecule has 1 N–H and O–H groups in total. The van der Waals surface area contributed by atoms with E-state index in [2.05, 4.69) is 17.1 Å². The summed E-state index contributed by atoms with van der Waals surface area (Å²) in [5, 5.41) is 0.797. The van der Waals surface area contributed by atoms with E-state index in [1.165, 1.54) is 23.3 Å². The predicted octanol–water partition coefficient (Wildman–Crippen LogP) is 4.30. The number of H-pyrrole nitrogens is 1. The fourth-order valence-electron chi connectivity index (χ4n) is 3.97. The molecule has 128 valence electrons. The van der Waals surface area contributed by atoms with Crippen molar-refractivity contribution in [2.75, 3.05) is 7.05 Å². The van der Waals surface area contributed by atoms with E-state index in [9.17, 15) is 9.18 Å². The summed E-state index contributed by atoms with van der Waals surface area (Å²) in [6.07, 6.45) is 2.25. The molecule has 0 saturated carbocycles. The van der Waals surface area contributed by atoms with Crippen molar-refractivity contribution in [3.8, 4) is 0 Å². The number of likely N-dealkylation sites (N-methyl/N-ethyl adjacent to an activating group) is 1. The highest BCUT2D eigenvalue weighted by Gasteiger charge is 2.28. The number of nitrogens with one attached hydrogen (secondary N) is 1. The molecule has 0 bridgehead atoms. The number of amides is 1. The molecule has 3 nitrogen and oxygen atoms in total. The Bertz CT molecular complexity index is 960. The Morgan fingerprint density at radius 2 is 2.08 bits per heavy atom. The summed E-state index contributed by atoms with van der Waals surface area (Å²) in [5.74, 6) is -0.215. The summed E-state index contributed by atoms with van der Waals surface area (Å²) in [6, 6.07) is 13.1. The zero-order valence-electron chi connectivity index (χ0n) is 14.5. The van der Waals surface area contributed by atoms with Crippen LogP contribution < -0.4 is 0 Å². The van der Waals surface area contributed by atoms with Gasteiger partial charge in [0.05, 0.1) is 12.5 Å². The van der Waals surface area contributed by atoms with Gasteiger partial charge in [0.15, 0.2) is 0 Å². The van der Waals surface area contributed by atoms with Crippen LogP contribution in [-0.4, -0.2) is 22.8 Å². The van der Waals surface area contributed by atoms with Gasteiger partial charge >= 0.3 is 0 Å². The van der Waals surface area contributed by atoms with E-state index in [0.29, 0.717) is 0 Å². The molecule has 1 unspecified atom stereocenters. The van der Waals surface area contributed by atoms with Crippen molar-refractivity contribution in [3.05, 3.63) is 70.7 Å². The fourth-order valence-corrected chi connectivity index (χ4v) is 3.97. The SMILES string of the molecule is Cc1[nH]c2ccc(F)cc2c1CC(=O)N(C)C1CCc2ccccc21. The van der Waals surface area contributed by atoms with Crippen molar-refractivity contribution in [2.45, 2.75) is 32.2 Å². The minimum absolute atomic E-state index is 0.0648. The number of carbonyl (C=O) groups excluding carboxylic acids is 1. The van der Waals surface area contributed by atoms with E-state index < -0.39 is 0 Å². The number of fused-ring (bicyclic) bond motifs is 2. The normalized spacial score (nSPS) is 16.2. The summed E-state index contributed by atoms with van der Waals surface area (Å²) >= 11 is 0. The molecule has 1 amide bonds. The highest BCUT2D eigenvalue weighted by molar-refractivity contribution is 5.90. The first kappa shape index (κ1) is 15.9. The van der Waals surface area contributed by atoms with Gasteiger partial charge in [-0.25, -0.2) is 4.39 Å². The predicted molar refractivity (Wildman–Crippen MR) is 97.0 cm³/mol. The fraction of sp³-hybridized carbons (Fsp3) is 0.286. The van der Waals surface area contributed by atoms with Crippen LogP contribution in [-0.2, 0) is 17.6 Å². The molecule has 0 spiro atoms. The Hall–Kier alpha value is -2.62. The number of aromatic amines is 1. The highest BCUT2D eigenvalue weighted by atomic mass is 19.1. The van der Waals surface area contributed by atoms with E-state index in [4.69, 9.17) is 0 Å². The van der Waals surface area contributed by atoms with Crippen molar-refractivity contribution < 1.29 is 9.18 Å². The minimum atomic E-state index is -0.279. The Balaban J connectivity index is 1.61. The minimum Gasteiger partial charge on any atom is -0.358 e. The maximum Gasteiger partial charge on any atom is 0.227 e. The molecule has 1 atom stereocenters. The average Bonchev–Trinajstić information content (AvgIpc) is 3.16. The van der Waals surface area contributed by atoms with Gasteiger partial charge in [0.2, 0.25) is 5.91 Å². The topological polar surface area (TPSA) is 36.1 Å². The second kappa shape index (κ2) is 6.03. The number of hydrogen-bond acceptors (Lipinski definition) is 1. The van der Waals surface area contributed by atoms with Gasteiger partial charge in [0, 0.05) is 23.6 Å². The number of benzene rings is 2. The summed E-state index contributed by atoms with van der Waals surface area (Å²) in [7, 11) is 1.87. The molecular formula is C21H21FN2O. The van der Waals surface area contributed by atoms with E-state index in [1.807, 2.05) is 31.0 Å². The summed E-state index contributed by atoms with van der Waals surface area (Å²) in [6.45, 7) is 1.94. The number of aromatic nitrogens is 1. The molecular weight excluding hydrogens is 315 g/mol. The van der Waals surface area contributed by atoms with E-state index in [1.54, 1.807) is 6.07 Å². The van der Waals surface area contributed by atoms with Crippen LogP contribution in [0.15, 0.2) is 42.5 Å². The van der Waals surface area contributed by atoms with Crippen LogP contribution in [0.4, 0.5) is 4.39 Å². The third-order valence-corrected chi connectivity index (χ3v) is 5.37. The lowest BCUT2D eigenvalue weighted by atomic mass is 10.0. The quantitative estimate of drug-likeness (QED) is 0.760. The highest BCUT2D eigenvalue weighted by Crippen LogP contribution is 2.35. The van der Waals surface area contributed by atoms with Crippen LogP contribution in [0.2, 0.25) is 0 Å². The van der Waals surface area contributed by atoms with Gasteiger partial charge in [-0.2, -0.15) is 0 Å². The number of hydrogen-bond donors (Lipinski definition) is 1. The monoisotopic (exact) mass is 336 g/mol. The lowest BCUT2D eigenvalue weighted by molar-refractivity contribution is -0.131. The van der Waals surface area contributed by atoms with Gasteiger partial charge in [-0.15, -0.1) is 0 Å². The number of carbonyl (C=O) groups is 1. The van der Waals surface area contributed by atoms with Gasteiger partial charge in [0.25, 0.3) is 0 Å². The van der Waals surface area contributed by atoms with Crippen LogP contribution in [0.3, 0.4) is 0 Å². The Morgan fingerprint density at radius 1 is 1.28 bits per heavy atom. The largest absolute Gasteiger partial charge is 0.358 e. The molecule has 25 heavy (non-hydrogen) atoms. The lowest BCUT2D eigenvalue weighted by Gasteiger charge is -2.25. The first-order valence-electron chi connectivity index (χ1n) is 8.65. The molecule has 1 aromatic heterocycles. The average molecular weight is 336 g/mol. The number of halogens is 1. The van der Waals surface area contributed by atoms with Gasteiger partial charge in [0.1, 0.15) is 5.82 Å². The maximum atomic E-state index is 13.6. The molecule has 0 aliphatic heterocycles. The lowest BCUT2D eigenvalue weighted by Crippen LogP contribution is -2.31. The van der Waals surface area contributed by atoms with Gasteiger partial charge in [-0.05, 0) is 54.7 Å². The Labute approximate surface area is 146 Å². The first-order chi connectivity index (χ1) is 12.0. The van der Waals surface area contributed by atoms with Crippen molar-refractivity contribution in [1.82, 2.24) is 9.88 Å². The van der Waals surface area contributed by atoms with Crippen LogP contribution >= 0.6 is 0 Å². The standard InChI is InChI=1S/C21H21FN2O/c1-13-17(18-11-15(22)8-9-19(18)23-13)12-21(25)24(2)20-10-7-14-5-3-4-6-16(14)20/h3-6,8-9,11,20,23H,7,10,12H2,1-2H3. The van der Waals surface area contributed by atoms with E-state index >= 15 is 0 Å². The number of nitrogens with zero attached hydrogens (tertiary/aromatic N) is 1. The summed E-state index contributed by atoms with van der Waals surface area (Å²) in [5.41, 5.74) is 5.26. The molecule has 1 aliphatic rings. The van der Waals surface area contributed by atoms with Crippen molar-refractivity contribution in [2.24, 2.45) is 0 Å². The summed E-state index contributed by atoms with van der Waals surface area (Å²) < 4.78 is 13.6. The molecule has 0 radical (unpaired) electrons. The molecule has 4 heteroatoms. The van der Waals surface area contributed by atoms with Crippen LogP contribution in [0.5, 0.6) is 0 Å². The van der Waals surface area contributed by atoms with Crippen molar-refractivity contribution in [3.63, 3.8) is 0 Å². The number of aryl methyl sites for hydroxylation is 2. The molecule has 0 fully saturated rings. The van der Waals surface area contributed by atoms with Gasteiger partial charge in [-0.3, -0.25) is 4.79 Å². The number of rotatable bonds is 3. The third kappa shape index (κ3) is 2.72. The molecule has 0 saturated heterocycles. The van der Waals surface area contributed by atoms with Crippen LogP contribution in [0.1, 0.15) is 34.8 Å². The van der Waals surface area contributed by atoms with E-state index in [-0.39, 0.29) is 24.2 Å².